The highest BCUT2D eigenvalue weighted by Gasteiger charge is 2.16. The molecule has 0 atom stereocenters. The van der Waals surface area contributed by atoms with Crippen molar-refractivity contribution >= 4 is 21.7 Å². The van der Waals surface area contributed by atoms with Gasteiger partial charge in [-0.25, -0.2) is 0 Å². The third kappa shape index (κ3) is 3.64. The van der Waals surface area contributed by atoms with Crippen molar-refractivity contribution in [1.29, 1.82) is 0 Å². The lowest BCUT2D eigenvalue weighted by Crippen LogP contribution is -2.11. The number of halogens is 1. The molecule has 17 heavy (non-hydrogen) atoms. The van der Waals surface area contributed by atoms with Crippen molar-refractivity contribution in [3.8, 4) is 0 Å². The first-order chi connectivity index (χ1) is 8.13. The van der Waals surface area contributed by atoms with Gasteiger partial charge in [0.1, 0.15) is 5.78 Å². The first-order valence-corrected chi connectivity index (χ1v) is 6.67. The van der Waals surface area contributed by atoms with Crippen molar-refractivity contribution in [2.75, 3.05) is 13.7 Å². The van der Waals surface area contributed by atoms with Crippen LogP contribution in [0.3, 0.4) is 0 Å². The molecule has 0 aromatic carbocycles. The molecule has 0 aliphatic heterocycles. The summed E-state index contributed by atoms with van der Waals surface area (Å²) in [5.41, 5.74) is 1.99. The molecule has 0 spiro atoms. The Kier molecular flexibility index (Phi) is 5.85. The van der Waals surface area contributed by atoms with Gasteiger partial charge in [-0.3, -0.25) is 9.48 Å². The van der Waals surface area contributed by atoms with E-state index in [1.54, 1.807) is 7.11 Å². The van der Waals surface area contributed by atoms with Crippen LogP contribution in [0.4, 0.5) is 0 Å². The molecule has 1 heterocycles. The number of hydrogen-bond donors (Lipinski definition) is 0. The standard InChI is InChI=1S/C12H19BrN2O2/c1-4-10-12(13)11(15(5-2)14-10)8-9(16)6-7-17-3/h4-8H2,1-3H3. The van der Waals surface area contributed by atoms with E-state index < -0.39 is 0 Å². The molecular weight excluding hydrogens is 284 g/mol. The number of carbonyl (C=O) groups is 1. The fourth-order valence-electron chi connectivity index (χ4n) is 1.68. The van der Waals surface area contributed by atoms with Gasteiger partial charge in [0, 0.05) is 26.5 Å². The number of ether oxygens (including phenoxy) is 1. The van der Waals surface area contributed by atoms with Crippen LogP contribution in [0.25, 0.3) is 0 Å². The Morgan fingerprint density at radius 3 is 2.71 bits per heavy atom. The van der Waals surface area contributed by atoms with E-state index in [4.69, 9.17) is 4.74 Å². The third-order valence-electron chi connectivity index (χ3n) is 2.64. The van der Waals surface area contributed by atoms with Crippen LogP contribution in [0.5, 0.6) is 0 Å². The lowest BCUT2D eigenvalue weighted by Gasteiger charge is -2.04. The van der Waals surface area contributed by atoms with Gasteiger partial charge in [0.2, 0.25) is 0 Å². The van der Waals surface area contributed by atoms with Gasteiger partial charge in [-0.1, -0.05) is 6.92 Å². The average molecular weight is 303 g/mol. The topological polar surface area (TPSA) is 44.1 Å². The van der Waals surface area contributed by atoms with Crippen molar-refractivity contribution in [3.05, 3.63) is 15.9 Å². The fourth-order valence-corrected chi connectivity index (χ4v) is 2.38. The summed E-state index contributed by atoms with van der Waals surface area (Å²) in [6.07, 6.45) is 1.75. The van der Waals surface area contributed by atoms with Crippen molar-refractivity contribution in [3.63, 3.8) is 0 Å². The van der Waals surface area contributed by atoms with Gasteiger partial charge < -0.3 is 4.74 Å². The molecule has 5 heteroatoms. The second kappa shape index (κ2) is 6.91. The Balaban J connectivity index is 2.81. The van der Waals surface area contributed by atoms with Crippen LogP contribution < -0.4 is 0 Å². The first-order valence-electron chi connectivity index (χ1n) is 5.88. The number of aromatic nitrogens is 2. The van der Waals surface area contributed by atoms with Crippen LogP contribution in [-0.4, -0.2) is 29.3 Å². The molecule has 0 unspecified atom stereocenters. The molecule has 0 radical (unpaired) electrons. The molecule has 96 valence electrons. The van der Waals surface area contributed by atoms with Crippen LogP contribution in [0.1, 0.15) is 31.7 Å². The summed E-state index contributed by atoms with van der Waals surface area (Å²) in [4.78, 5) is 11.7. The maximum Gasteiger partial charge on any atom is 0.141 e. The van der Waals surface area contributed by atoms with Crippen molar-refractivity contribution < 1.29 is 9.53 Å². The van der Waals surface area contributed by atoms with Crippen molar-refractivity contribution in [1.82, 2.24) is 9.78 Å². The van der Waals surface area contributed by atoms with Gasteiger partial charge >= 0.3 is 0 Å². The zero-order valence-corrected chi connectivity index (χ0v) is 12.2. The number of nitrogens with zero attached hydrogens (tertiary/aromatic N) is 2. The number of carbonyl (C=O) groups excluding carboxylic acids is 1. The molecule has 0 saturated heterocycles. The number of hydrogen-bond acceptors (Lipinski definition) is 3. The molecule has 0 amide bonds. The van der Waals surface area contributed by atoms with E-state index in [2.05, 4.69) is 28.0 Å². The van der Waals surface area contributed by atoms with Crippen LogP contribution in [-0.2, 0) is 28.9 Å². The summed E-state index contributed by atoms with van der Waals surface area (Å²) in [6.45, 7) is 5.36. The molecule has 0 fully saturated rings. The normalized spacial score (nSPS) is 10.8. The summed E-state index contributed by atoms with van der Waals surface area (Å²) < 4.78 is 7.78. The minimum Gasteiger partial charge on any atom is -0.384 e. The number of aryl methyl sites for hydroxylation is 2. The average Bonchev–Trinajstić information content (AvgIpc) is 2.63. The Morgan fingerprint density at radius 2 is 2.18 bits per heavy atom. The summed E-state index contributed by atoms with van der Waals surface area (Å²) >= 11 is 3.53. The number of rotatable bonds is 7. The third-order valence-corrected chi connectivity index (χ3v) is 3.56. The predicted molar refractivity (Wildman–Crippen MR) is 70.2 cm³/mol. The SMILES string of the molecule is CCc1nn(CC)c(CC(=O)CCOC)c1Br. The monoisotopic (exact) mass is 302 g/mol. The second-order valence-corrected chi connectivity index (χ2v) is 4.63. The Hall–Kier alpha value is -0.680. The Morgan fingerprint density at radius 1 is 1.47 bits per heavy atom. The first kappa shape index (κ1) is 14.4. The number of ketones is 1. The van der Waals surface area contributed by atoms with E-state index in [1.165, 1.54) is 0 Å². The van der Waals surface area contributed by atoms with Crippen molar-refractivity contribution in [2.24, 2.45) is 0 Å². The zero-order chi connectivity index (χ0) is 12.8. The molecular formula is C12H19BrN2O2. The zero-order valence-electron chi connectivity index (χ0n) is 10.6. The molecule has 0 bridgehead atoms. The molecule has 0 aliphatic rings. The minimum absolute atomic E-state index is 0.185. The van der Waals surface area contributed by atoms with Gasteiger partial charge in [0.15, 0.2) is 0 Å². The molecule has 1 aromatic rings. The van der Waals surface area contributed by atoms with E-state index in [-0.39, 0.29) is 5.78 Å². The predicted octanol–water partition coefficient (Wildman–Crippen LogP) is 2.38. The minimum atomic E-state index is 0.185. The highest BCUT2D eigenvalue weighted by atomic mass is 79.9. The lowest BCUT2D eigenvalue weighted by atomic mass is 10.1. The Labute approximate surface area is 110 Å². The smallest absolute Gasteiger partial charge is 0.141 e. The molecule has 1 aromatic heterocycles. The molecule has 0 N–H and O–H groups in total. The summed E-state index contributed by atoms with van der Waals surface area (Å²) in [6, 6.07) is 0. The second-order valence-electron chi connectivity index (χ2n) is 3.83. The summed E-state index contributed by atoms with van der Waals surface area (Å²) in [7, 11) is 1.61. The maximum absolute atomic E-state index is 11.7. The van der Waals surface area contributed by atoms with Crippen LogP contribution >= 0.6 is 15.9 Å². The Bertz CT molecular complexity index is 388. The number of methoxy groups -OCH3 is 1. The van der Waals surface area contributed by atoms with Gasteiger partial charge in [-0.2, -0.15) is 5.10 Å². The van der Waals surface area contributed by atoms with Gasteiger partial charge in [0.25, 0.3) is 0 Å². The number of Topliss-reactive ketones (excluding diaryl/α,β-unsaturated/α-hetero) is 1. The van der Waals surface area contributed by atoms with E-state index in [1.807, 2.05) is 11.6 Å². The largest absolute Gasteiger partial charge is 0.384 e. The van der Waals surface area contributed by atoms with Gasteiger partial charge in [-0.05, 0) is 29.3 Å². The van der Waals surface area contributed by atoms with Crippen LogP contribution in [0.15, 0.2) is 4.47 Å². The van der Waals surface area contributed by atoms with Gasteiger partial charge in [0.05, 0.1) is 22.5 Å². The van der Waals surface area contributed by atoms with E-state index in [9.17, 15) is 4.79 Å². The highest BCUT2D eigenvalue weighted by Crippen LogP contribution is 2.23. The molecule has 4 nitrogen and oxygen atoms in total. The molecule has 0 saturated carbocycles. The van der Waals surface area contributed by atoms with Crippen LogP contribution in [0, 0.1) is 0 Å². The van der Waals surface area contributed by atoms with E-state index >= 15 is 0 Å². The van der Waals surface area contributed by atoms with Gasteiger partial charge in [-0.15, -0.1) is 0 Å². The summed E-state index contributed by atoms with van der Waals surface area (Å²) in [5.74, 6) is 0.185. The quantitative estimate of drug-likeness (QED) is 0.777. The fraction of sp³-hybridized carbons (Fsp3) is 0.667. The highest BCUT2D eigenvalue weighted by molar-refractivity contribution is 9.10. The molecule has 1 rings (SSSR count). The van der Waals surface area contributed by atoms with E-state index in [0.29, 0.717) is 19.4 Å². The lowest BCUT2D eigenvalue weighted by molar-refractivity contribution is -0.119. The van der Waals surface area contributed by atoms with Crippen LogP contribution in [0.2, 0.25) is 0 Å². The van der Waals surface area contributed by atoms with Crippen molar-refractivity contribution in [2.45, 2.75) is 39.7 Å². The maximum atomic E-state index is 11.7. The van der Waals surface area contributed by atoms with E-state index in [0.717, 1.165) is 28.8 Å². The molecule has 0 aliphatic carbocycles. The summed E-state index contributed by atoms with van der Waals surface area (Å²) in [5, 5.41) is 4.47.